The van der Waals surface area contributed by atoms with Gasteiger partial charge < -0.3 is 14.4 Å². The Kier molecular flexibility index (Phi) is 3.38. The molecule has 1 aromatic heterocycles. The number of rotatable bonds is 2. The Morgan fingerprint density at radius 2 is 2.19 bits per heavy atom. The van der Waals surface area contributed by atoms with Gasteiger partial charge >= 0.3 is 7.12 Å². The van der Waals surface area contributed by atoms with E-state index in [-0.39, 0.29) is 0 Å². The van der Waals surface area contributed by atoms with Crippen LogP contribution >= 0.6 is 0 Å². The highest BCUT2D eigenvalue weighted by Crippen LogP contribution is 2.28. The van der Waals surface area contributed by atoms with Crippen molar-refractivity contribution in [1.82, 2.24) is 4.98 Å². The zero-order valence-electron chi connectivity index (χ0n) is 11.8. The molecule has 5 nitrogen and oxygen atoms in total. The summed E-state index contributed by atoms with van der Waals surface area (Å²) in [6, 6.07) is 7.14. The molecule has 21 heavy (non-hydrogen) atoms. The van der Waals surface area contributed by atoms with E-state index in [2.05, 4.69) is 9.83 Å². The molecule has 1 N–H and O–H groups in total. The quantitative estimate of drug-likeness (QED) is 0.677. The largest absolute Gasteiger partial charge is 0.491 e. The van der Waals surface area contributed by atoms with Crippen LogP contribution in [-0.2, 0) is 11.3 Å². The maximum atomic E-state index is 9.59. The van der Waals surface area contributed by atoms with Crippen LogP contribution in [0.3, 0.4) is 0 Å². The Bertz CT molecular complexity index is 732. The van der Waals surface area contributed by atoms with Crippen molar-refractivity contribution in [3.05, 3.63) is 52.5 Å². The number of nitrogens with zero attached hydrogens (tertiary/aromatic N) is 2. The minimum Gasteiger partial charge on any atom is -0.439 e. The SMILES string of the molecule is [C-]#[N+]c1c(C)cc(Oc2ccc3c(c2)COB3O)nc1C. The number of benzene rings is 1. The Morgan fingerprint density at radius 3 is 2.90 bits per heavy atom. The zero-order valence-corrected chi connectivity index (χ0v) is 11.8. The van der Waals surface area contributed by atoms with Gasteiger partial charge in [0.25, 0.3) is 0 Å². The van der Waals surface area contributed by atoms with Crippen molar-refractivity contribution in [3.63, 3.8) is 0 Å². The molecule has 0 radical (unpaired) electrons. The summed E-state index contributed by atoms with van der Waals surface area (Å²) in [6.07, 6.45) is 0. The second kappa shape index (κ2) is 5.21. The molecule has 3 rings (SSSR count). The van der Waals surface area contributed by atoms with Gasteiger partial charge in [0, 0.05) is 5.69 Å². The maximum Gasteiger partial charge on any atom is 0.491 e. The van der Waals surface area contributed by atoms with Crippen LogP contribution in [0.4, 0.5) is 5.69 Å². The smallest absolute Gasteiger partial charge is 0.439 e. The maximum absolute atomic E-state index is 9.59. The third kappa shape index (κ3) is 2.49. The van der Waals surface area contributed by atoms with E-state index in [1.54, 1.807) is 25.1 Å². The van der Waals surface area contributed by atoms with Gasteiger partial charge in [0.2, 0.25) is 11.6 Å². The van der Waals surface area contributed by atoms with Gasteiger partial charge in [-0.3, -0.25) is 0 Å². The first-order chi connectivity index (χ1) is 10.1. The van der Waals surface area contributed by atoms with E-state index in [0.29, 0.717) is 29.6 Å². The van der Waals surface area contributed by atoms with Gasteiger partial charge in [-0.1, -0.05) is 6.07 Å². The minimum atomic E-state index is -0.852. The number of aryl methyl sites for hydroxylation is 2. The predicted molar refractivity (Wildman–Crippen MR) is 78.9 cm³/mol. The van der Waals surface area contributed by atoms with Crippen molar-refractivity contribution in [2.45, 2.75) is 20.5 Å². The van der Waals surface area contributed by atoms with Crippen LogP contribution in [-0.4, -0.2) is 17.1 Å². The first-order valence-corrected chi connectivity index (χ1v) is 6.54. The molecule has 104 valence electrons. The van der Waals surface area contributed by atoms with Crippen molar-refractivity contribution < 1.29 is 14.4 Å². The molecule has 6 heteroatoms. The summed E-state index contributed by atoms with van der Waals surface area (Å²) in [4.78, 5) is 7.75. The molecule has 1 aliphatic rings. The monoisotopic (exact) mass is 280 g/mol. The van der Waals surface area contributed by atoms with E-state index >= 15 is 0 Å². The lowest BCUT2D eigenvalue weighted by Crippen LogP contribution is -2.27. The van der Waals surface area contributed by atoms with Crippen LogP contribution in [0.15, 0.2) is 24.3 Å². The molecule has 0 bridgehead atoms. The Hall–Kier alpha value is -2.36. The first kappa shape index (κ1) is 13.6. The van der Waals surface area contributed by atoms with Crippen molar-refractivity contribution in [1.29, 1.82) is 0 Å². The van der Waals surface area contributed by atoms with Crippen LogP contribution in [0, 0.1) is 20.4 Å². The number of fused-ring (bicyclic) bond motifs is 1. The second-order valence-corrected chi connectivity index (χ2v) is 4.95. The summed E-state index contributed by atoms with van der Waals surface area (Å²) < 4.78 is 10.9. The zero-order chi connectivity index (χ0) is 15.0. The van der Waals surface area contributed by atoms with Crippen LogP contribution in [0.2, 0.25) is 0 Å². The second-order valence-electron chi connectivity index (χ2n) is 4.95. The Morgan fingerprint density at radius 1 is 1.38 bits per heavy atom. The molecule has 0 unspecified atom stereocenters. The van der Waals surface area contributed by atoms with Crippen molar-refractivity contribution in [2.75, 3.05) is 0 Å². The third-order valence-corrected chi connectivity index (χ3v) is 3.45. The van der Waals surface area contributed by atoms with Crippen molar-refractivity contribution >= 4 is 18.3 Å². The number of aromatic nitrogens is 1. The van der Waals surface area contributed by atoms with Gasteiger partial charge in [-0.25, -0.2) is 9.83 Å². The third-order valence-electron chi connectivity index (χ3n) is 3.45. The van der Waals surface area contributed by atoms with Gasteiger partial charge in [0.1, 0.15) is 5.75 Å². The Balaban J connectivity index is 1.90. The van der Waals surface area contributed by atoms with Crippen LogP contribution in [0.25, 0.3) is 4.85 Å². The highest BCUT2D eigenvalue weighted by molar-refractivity contribution is 6.61. The lowest BCUT2D eigenvalue weighted by atomic mass is 9.80. The van der Waals surface area contributed by atoms with E-state index < -0.39 is 7.12 Å². The molecule has 0 aliphatic carbocycles. The van der Waals surface area contributed by atoms with E-state index in [9.17, 15) is 5.02 Å². The fourth-order valence-electron chi connectivity index (χ4n) is 2.40. The molecule has 0 spiro atoms. The molecule has 0 saturated heterocycles. The molecular formula is C15H13BN2O3. The predicted octanol–water partition coefficient (Wildman–Crippen LogP) is 2.26. The minimum absolute atomic E-state index is 0.371. The van der Waals surface area contributed by atoms with Crippen LogP contribution in [0.1, 0.15) is 16.8 Å². The molecule has 1 aromatic carbocycles. The molecule has 0 saturated carbocycles. The number of hydrogen-bond acceptors (Lipinski definition) is 4. The molecule has 0 fully saturated rings. The molecule has 0 atom stereocenters. The van der Waals surface area contributed by atoms with Gasteiger partial charge in [-0.2, -0.15) is 0 Å². The standard InChI is InChI=1S/C15H13BN2O3/c1-9-6-14(18-10(2)15(9)17-3)21-12-4-5-13-11(7-12)8-20-16(13)19/h4-7,19H,8H2,1-2H3. The normalized spacial score (nSPS) is 13.0. The fraction of sp³-hybridized carbons (Fsp3) is 0.200. The van der Waals surface area contributed by atoms with E-state index in [1.165, 1.54) is 0 Å². The molecule has 0 amide bonds. The van der Waals surface area contributed by atoms with E-state index in [0.717, 1.165) is 16.6 Å². The van der Waals surface area contributed by atoms with Crippen LogP contribution < -0.4 is 10.2 Å². The topological polar surface area (TPSA) is 55.9 Å². The van der Waals surface area contributed by atoms with E-state index in [1.807, 2.05) is 13.0 Å². The van der Waals surface area contributed by atoms with E-state index in [4.69, 9.17) is 16.0 Å². The molecule has 1 aliphatic heterocycles. The van der Waals surface area contributed by atoms with Gasteiger partial charge in [-0.15, -0.1) is 0 Å². The lowest BCUT2D eigenvalue weighted by molar-refractivity contribution is 0.275. The first-order valence-electron chi connectivity index (χ1n) is 6.54. The average molecular weight is 280 g/mol. The summed E-state index contributed by atoms with van der Waals surface area (Å²) >= 11 is 0. The average Bonchev–Trinajstić information content (AvgIpc) is 2.80. The fourth-order valence-corrected chi connectivity index (χ4v) is 2.40. The Labute approximate surface area is 123 Å². The summed E-state index contributed by atoms with van der Waals surface area (Å²) in [5, 5.41) is 9.59. The molecule has 2 aromatic rings. The van der Waals surface area contributed by atoms with Crippen LogP contribution in [0.5, 0.6) is 11.6 Å². The van der Waals surface area contributed by atoms with Crippen molar-refractivity contribution in [2.24, 2.45) is 0 Å². The van der Waals surface area contributed by atoms with Gasteiger partial charge in [0.05, 0.1) is 13.2 Å². The summed E-state index contributed by atoms with van der Waals surface area (Å²) in [6.45, 7) is 11.2. The molecular weight excluding hydrogens is 267 g/mol. The highest BCUT2D eigenvalue weighted by Gasteiger charge is 2.27. The number of hydrogen-bond donors (Lipinski definition) is 1. The van der Waals surface area contributed by atoms with Gasteiger partial charge in [-0.05, 0) is 48.6 Å². The lowest BCUT2D eigenvalue weighted by Gasteiger charge is -2.09. The number of pyridine rings is 1. The molecule has 2 heterocycles. The summed E-state index contributed by atoms with van der Waals surface area (Å²) in [5.41, 5.74) is 3.73. The highest BCUT2D eigenvalue weighted by atomic mass is 16.5. The van der Waals surface area contributed by atoms with Gasteiger partial charge in [0.15, 0.2) is 0 Å². The summed E-state index contributed by atoms with van der Waals surface area (Å²) in [5.74, 6) is 1.09. The van der Waals surface area contributed by atoms with Crippen molar-refractivity contribution in [3.8, 4) is 11.6 Å². The number of ether oxygens (including phenoxy) is 1. The summed E-state index contributed by atoms with van der Waals surface area (Å²) in [7, 11) is -0.852.